The molecule has 4 aromatic rings. The van der Waals surface area contributed by atoms with E-state index in [1.165, 1.54) is 22.8 Å². The van der Waals surface area contributed by atoms with Crippen LogP contribution in [-0.4, -0.2) is 33.4 Å². The third kappa shape index (κ3) is 5.38. The van der Waals surface area contributed by atoms with Gasteiger partial charge in [0.2, 0.25) is 0 Å². The summed E-state index contributed by atoms with van der Waals surface area (Å²) in [4.78, 5) is 30.7. The van der Waals surface area contributed by atoms with Crippen LogP contribution < -0.4 is 26.8 Å². The van der Waals surface area contributed by atoms with E-state index in [0.717, 1.165) is 5.56 Å². The minimum atomic E-state index is -0.685. The van der Waals surface area contributed by atoms with Crippen LogP contribution in [0.3, 0.4) is 0 Å². The Hall–Kier alpha value is -5.44. The van der Waals surface area contributed by atoms with Crippen molar-refractivity contribution < 1.29 is 9.18 Å². The number of aromatic nitrogens is 3. The van der Waals surface area contributed by atoms with Crippen LogP contribution in [0.1, 0.15) is 31.0 Å². The number of nitrogens with zero attached hydrogens (tertiary/aromatic N) is 5. The number of halogens is 1. The first-order valence-electron chi connectivity index (χ1n) is 12.9. The number of fused-ring (bicyclic) bond motifs is 1. The quantitative estimate of drug-likeness (QED) is 0.288. The van der Waals surface area contributed by atoms with E-state index in [-0.39, 0.29) is 17.3 Å². The summed E-state index contributed by atoms with van der Waals surface area (Å²) in [5, 5.41) is 25.1. The first-order chi connectivity index (χ1) is 19.7. The zero-order valence-corrected chi connectivity index (χ0v) is 22.9. The van der Waals surface area contributed by atoms with Gasteiger partial charge < -0.3 is 21.3 Å². The number of benzene rings is 2. The summed E-state index contributed by atoms with van der Waals surface area (Å²) in [6.45, 7) is 4.36. The highest BCUT2D eigenvalue weighted by molar-refractivity contribution is 6.02. The topological polar surface area (TPSA) is 141 Å². The van der Waals surface area contributed by atoms with Crippen LogP contribution in [0, 0.1) is 17.1 Å². The van der Waals surface area contributed by atoms with E-state index in [9.17, 15) is 14.0 Å². The highest BCUT2D eigenvalue weighted by Crippen LogP contribution is 2.30. The molecule has 11 nitrogen and oxygen atoms in total. The summed E-state index contributed by atoms with van der Waals surface area (Å²) in [7, 11) is 3.36. The van der Waals surface area contributed by atoms with Crippen molar-refractivity contribution >= 4 is 29.2 Å². The number of amides is 2. The van der Waals surface area contributed by atoms with Gasteiger partial charge in [-0.15, -0.1) is 0 Å². The van der Waals surface area contributed by atoms with Gasteiger partial charge in [0.25, 0.3) is 5.56 Å². The van der Waals surface area contributed by atoms with E-state index in [0.29, 0.717) is 52.0 Å². The van der Waals surface area contributed by atoms with Crippen LogP contribution in [0.25, 0.3) is 22.4 Å². The number of urea groups is 1. The second kappa shape index (κ2) is 11.0. The van der Waals surface area contributed by atoms with Crippen molar-refractivity contribution in [1.29, 1.82) is 5.26 Å². The van der Waals surface area contributed by atoms with Gasteiger partial charge in [-0.1, -0.05) is 18.2 Å². The fourth-order valence-electron chi connectivity index (χ4n) is 4.47. The molecule has 2 amide bonds. The number of hydrogen-bond acceptors (Lipinski definition) is 7. The molecular weight excluding hydrogens is 525 g/mol. The van der Waals surface area contributed by atoms with Crippen molar-refractivity contribution in [2.45, 2.75) is 26.4 Å². The fraction of sp³-hybridized carbons (Fsp3) is 0.207. The Balaban J connectivity index is 1.43. The van der Waals surface area contributed by atoms with Crippen LogP contribution >= 0.6 is 0 Å². The highest BCUT2D eigenvalue weighted by atomic mass is 19.1. The van der Waals surface area contributed by atoms with E-state index in [1.54, 1.807) is 55.3 Å². The van der Waals surface area contributed by atoms with Crippen LogP contribution in [0.2, 0.25) is 0 Å². The Labute approximate surface area is 235 Å². The van der Waals surface area contributed by atoms with Gasteiger partial charge in [-0.05, 0) is 49.7 Å². The lowest BCUT2D eigenvalue weighted by atomic mass is 10.0. The van der Waals surface area contributed by atoms with Crippen LogP contribution in [0.4, 0.5) is 26.4 Å². The third-order valence-electron chi connectivity index (χ3n) is 6.68. The number of pyridine rings is 1. The number of aliphatic imine (C=N–C) groups is 1. The number of nitriles is 1. The van der Waals surface area contributed by atoms with E-state index < -0.39 is 11.8 Å². The lowest BCUT2D eigenvalue weighted by molar-refractivity contribution is 0.262. The number of carbonyl (C=O) groups is 1. The fourth-order valence-corrected chi connectivity index (χ4v) is 4.47. The van der Waals surface area contributed by atoms with Gasteiger partial charge in [0.1, 0.15) is 17.3 Å². The molecule has 12 heteroatoms. The average molecular weight is 554 g/mol. The third-order valence-corrected chi connectivity index (χ3v) is 6.68. The molecule has 0 saturated carbocycles. The second-order valence-electron chi connectivity index (χ2n) is 9.76. The smallest absolute Gasteiger partial charge is 0.323 e. The van der Waals surface area contributed by atoms with Gasteiger partial charge in [0.15, 0.2) is 5.96 Å². The molecule has 1 aliphatic heterocycles. The van der Waals surface area contributed by atoms with Crippen molar-refractivity contribution in [3.05, 3.63) is 82.0 Å². The first kappa shape index (κ1) is 27.1. The maximum atomic E-state index is 14.8. The lowest BCUT2D eigenvalue weighted by Crippen LogP contribution is -2.37. The second-order valence-corrected chi connectivity index (χ2v) is 9.76. The van der Waals surface area contributed by atoms with Crippen LogP contribution in [0.15, 0.2) is 64.5 Å². The Kier molecular flexibility index (Phi) is 7.26. The molecule has 5 rings (SSSR count). The summed E-state index contributed by atoms with van der Waals surface area (Å²) < 4.78 is 18.0. The maximum Gasteiger partial charge on any atom is 0.323 e. The van der Waals surface area contributed by atoms with E-state index >= 15 is 0 Å². The summed E-state index contributed by atoms with van der Waals surface area (Å²) in [5.41, 5.74) is 3.31. The molecule has 0 saturated heterocycles. The van der Waals surface area contributed by atoms with E-state index in [1.807, 2.05) is 13.8 Å². The Bertz CT molecular complexity index is 1780. The number of carbonyl (C=O) groups excluding carboxylic acids is 1. The van der Waals surface area contributed by atoms with Crippen LogP contribution in [-0.2, 0) is 13.6 Å². The van der Waals surface area contributed by atoms with Crippen molar-refractivity contribution in [1.82, 2.24) is 25.0 Å². The SMILES string of the molecule is CNC1=Nc2c(cc(-c3ccc(F)c(NC(=O)Nc4cn(C(C)C)nc4-c4ccc(C#N)cc4)c3)c(=O)n2C)CN1. The molecule has 4 N–H and O–H groups in total. The number of anilines is 2. The predicted octanol–water partition coefficient (Wildman–Crippen LogP) is 4.46. The largest absolute Gasteiger partial charge is 0.359 e. The zero-order valence-electron chi connectivity index (χ0n) is 22.9. The van der Waals surface area contributed by atoms with Crippen molar-refractivity contribution in [3.8, 4) is 28.5 Å². The number of rotatable bonds is 5. The van der Waals surface area contributed by atoms with Gasteiger partial charge in [-0.25, -0.2) is 9.18 Å². The Morgan fingerprint density at radius 1 is 1.10 bits per heavy atom. The summed E-state index contributed by atoms with van der Waals surface area (Å²) >= 11 is 0. The molecule has 1 aliphatic rings. The number of guanidine groups is 1. The van der Waals surface area contributed by atoms with E-state index in [2.05, 4.69) is 37.4 Å². The molecule has 2 aromatic heterocycles. The summed E-state index contributed by atoms with van der Waals surface area (Å²) in [6, 6.07) is 14.1. The van der Waals surface area contributed by atoms with Gasteiger partial charge in [0.05, 0.1) is 23.0 Å². The highest BCUT2D eigenvalue weighted by Gasteiger charge is 2.20. The van der Waals surface area contributed by atoms with Gasteiger partial charge in [-0.2, -0.15) is 15.4 Å². The maximum absolute atomic E-state index is 14.8. The molecule has 0 aliphatic carbocycles. The minimum Gasteiger partial charge on any atom is -0.359 e. The first-order valence-corrected chi connectivity index (χ1v) is 12.9. The molecule has 208 valence electrons. The molecule has 2 aromatic carbocycles. The number of nitrogens with one attached hydrogen (secondary N) is 4. The summed E-state index contributed by atoms with van der Waals surface area (Å²) in [5.74, 6) is 0.427. The van der Waals surface area contributed by atoms with Crippen molar-refractivity contribution in [2.75, 3.05) is 17.7 Å². The Morgan fingerprint density at radius 3 is 2.49 bits per heavy atom. The lowest BCUT2D eigenvalue weighted by Gasteiger charge is -2.20. The normalized spacial score (nSPS) is 12.2. The average Bonchev–Trinajstić information content (AvgIpc) is 3.40. The van der Waals surface area contributed by atoms with Crippen molar-refractivity contribution in [2.24, 2.45) is 12.0 Å². The number of hydrogen-bond donors (Lipinski definition) is 4. The molecule has 0 bridgehead atoms. The molecule has 0 unspecified atom stereocenters. The van der Waals surface area contributed by atoms with Gasteiger partial charge >= 0.3 is 6.03 Å². The molecular formula is C29H28FN9O2. The monoisotopic (exact) mass is 553 g/mol. The predicted molar refractivity (Wildman–Crippen MR) is 155 cm³/mol. The Morgan fingerprint density at radius 2 is 1.80 bits per heavy atom. The molecule has 0 radical (unpaired) electrons. The molecule has 41 heavy (non-hydrogen) atoms. The zero-order chi connectivity index (χ0) is 29.3. The van der Waals surface area contributed by atoms with E-state index in [4.69, 9.17) is 5.26 Å². The minimum absolute atomic E-state index is 0.0183. The van der Waals surface area contributed by atoms with Crippen molar-refractivity contribution in [3.63, 3.8) is 0 Å². The molecule has 3 heterocycles. The van der Waals surface area contributed by atoms with Gasteiger partial charge in [0, 0.05) is 49.6 Å². The molecule has 0 atom stereocenters. The molecule has 0 fully saturated rings. The van der Waals surface area contributed by atoms with Crippen LogP contribution in [0.5, 0.6) is 0 Å². The standard InChI is InChI=1S/C29H28FN9O2/c1-16(2)39-15-24(25(37-39)18-7-5-17(13-31)6-8-18)35-29(41)34-23-12-19(9-10-22(23)30)21-11-20-14-33-28(32-3)36-26(20)38(4)27(21)40/h5-12,15-16H,14H2,1-4H3,(H2,32,33,36)(H2,34,35,41). The summed E-state index contributed by atoms with van der Waals surface area (Å²) in [6.07, 6.45) is 1.69. The molecule has 0 spiro atoms. The van der Waals surface area contributed by atoms with Gasteiger partial charge in [-0.3, -0.25) is 14.0 Å².